The van der Waals surface area contributed by atoms with E-state index in [2.05, 4.69) is 14.5 Å². The molecule has 0 fully saturated rings. The van der Waals surface area contributed by atoms with Crippen LogP contribution in [0.15, 0.2) is 0 Å². The molecule has 0 atom stereocenters. The van der Waals surface area contributed by atoms with Crippen molar-refractivity contribution in [2.45, 2.75) is 6.42 Å². The third kappa shape index (κ3) is 2.79. The number of nitrogens with one attached hydrogen (secondary N) is 1. The number of aryl methyl sites for hydroxylation is 1. The molecule has 0 amide bonds. The Morgan fingerprint density at radius 2 is 1.89 bits per heavy atom. The first-order valence-corrected chi connectivity index (χ1v) is 6.55. The van der Waals surface area contributed by atoms with Gasteiger partial charge in [0.15, 0.2) is 5.75 Å². The van der Waals surface area contributed by atoms with Gasteiger partial charge in [-0.25, -0.2) is 9.59 Å². The summed E-state index contributed by atoms with van der Waals surface area (Å²) in [5, 5.41) is 9.93. The number of ether oxygens (including phenoxy) is 2. The molecule has 0 aliphatic heterocycles. The van der Waals surface area contributed by atoms with E-state index >= 15 is 0 Å². The van der Waals surface area contributed by atoms with Crippen molar-refractivity contribution >= 4 is 23.7 Å². The van der Waals surface area contributed by atoms with Gasteiger partial charge in [0.05, 0.1) is 19.9 Å². The molecular weight excluding hydrogens is 258 g/mol. The van der Waals surface area contributed by atoms with Gasteiger partial charge in [-0.1, -0.05) is 0 Å². The van der Waals surface area contributed by atoms with Gasteiger partial charge in [-0.2, -0.15) is 11.8 Å². The monoisotopic (exact) mass is 273 g/mol. The molecule has 1 aromatic rings. The second-order valence-electron chi connectivity index (χ2n) is 3.43. The molecule has 1 aromatic heterocycles. The Kier molecular flexibility index (Phi) is 5.08. The number of carbonyl (C=O) groups excluding carboxylic acids is 2. The summed E-state index contributed by atoms with van der Waals surface area (Å²) in [6, 6.07) is 0. The average Bonchev–Trinajstić information content (AvgIpc) is 2.71. The molecule has 0 unspecified atom stereocenters. The Bertz CT molecular complexity index is 455. The van der Waals surface area contributed by atoms with Crippen LogP contribution in [0, 0.1) is 0 Å². The topological polar surface area (TPSA) is 88.6 Å². The molecule has 0 radical (unpaired) electrons. The number of hydrogen-bond donors (Lipinski definition) is 2. The van der Waals surface area contributed by atoms with E-state index in [1.54, 1.807) is 11.8 Å². The minimum absolute atomic E-state index is 0.0852. The highest BCUT2D eigenvalue weighted by atomic mass is 32.2. The van der Waals surface area contributed by atoms with Gasteiger partial charge in [-0.05, 0) is 12.0 Å². The summed E-state index contributed by atoms with van der Waals surface area (Å²) in [5.74, 6) is -1.01. The molecule has 2 N–H and O–H groups in total. The number of rotatable bonds is 5. The van der Waals surface area contributed by atoms with E-state index in [9.17, 15) is 14.7 Å². The van der Waals surface area contributed by atoms with Crippen molar-refractivity contribution in [3.05, 3.63) is 17.0 Å². The summed E-state index contributed by atoms with van der Waals surface area (Å²) in [5.41, 5.74) is 0.156. The van der Waals surface area contributed by atoms with Gasteiger partial charge in [0.1, 0.15) is 11.3 Å². The van der Waals surface area contributed by atoms with Crippen molar-refractivity contribution in [1.82, 2.24) is 4.98 Å². The molecule has 6 nitrogen and oxygen atoms in total. The van der Waals surface area contributed by atoms with Gasteiger partial charge in [-0.3, -0.25) is 0 Å². The molecule has 0 aliphatic rings. The number of aromatic hydroxyl groups is 1. The molecule has 0 spiro atoms. The number of esters is 2. The van der Waals surface area contributed by atoms with Gasteiger partial charge in [0, 0.05) is 6.42 Å². The maximum Gasteiger partial charge on any atom is 0.355 e. The summed E-state index contributed by atoms with van der Waals surface area (Å²) in [4.78, 5) is 25.8. The molecule has 18 heavy (non-hydrogen) atoms. The summed E-state index contributed by atoms with van der Waals surface area (Å²) in [6.45, 7) is 0. The third-order valence-electron chi connectivity index (χ3n) is 2.38. The Morgan fingerprint density at radius 1 is 1.28 bits per heavy atom. The number of aromatic amines is 1. The Labute approximate surface area is 109 Å². The van der Waals surface area contributed by atoms with Crippen LogP contribution in [0.4, 0.5) is 0 Å². The number of hydrogen-bond acceptors (Lipinski definition) is 6. The molecule has 1 rings (SSSR count). The second kappa shape index (κ2) is 6.34. The van der Waals surface area contributed by atoms with Gasteiger partial charge < -0.3 is 19.6 Å². The van der Waals surface area contributed by atoms with Crippen molar-refractivity contribution in [3.63, 3.8) is 0 Å². The zero-order chi connectivity index (χ0) is 13.7. The van der Waals surface area contributed by atoms with E-state index in [0.29, 0.717) is 12.1 Å². The van der Waals surface area contributed by atoms with Crippen molar-refractivity contribution in [1.29, 1.82) is 0 Å². The zero-order valence-corrected chi connectivity index (χ0v) is 11.2. The average molecular weight is 273 g/mol. The first-order chi connectivity index (χ1) is 8.56. The molecular formula is C11H15NO5S. The predicted octanol–water partition coefficient (Wildman–Crippen LogP) is 1.20. The molecule has 7 heteroatoms. The van der Waals surface area contributed by atoms with Crippen LogP contribution in [0.1, 0.15) is 26.5 Å². The number of carbonyl (C=O) groups is 2. The highest BCUT2D eigenvalue weighted by Crippen LogP contribution is 2.28. The first kappa shape index (κ1) is 14.4. The van der Waals surface area contributed by atoms with Crippen LogP contribution in [0.25, 0.3) is 0 Å². The van der Waals surface area contributed by atoms with Crippen LogP contribution >= 0.6 is 11.8 Å². The second-order valence-corrected chi connectivity index (χ2v) is 4.41. The van der Waals surface area contributed by atoms with Crippen molar-refractivity contribution < 1.29 is 24.2 Å². The summed E-state index contributed by atoms with van der Waals surface area (Å²) < 4.78 is 9.09. The van der Waals surface area contributed by atoms with Crippen LogP contribution in [0.2, 0.25) is 0 Å². The fourth-order valence-corrected chi connectivity index (χ4v) is 1.89. The lowest BCUT2D eigenvalue weighted by molar-refractivity contribution is 0.0550. The quantitative estimate of drug-likeness (QED) is 0.784. The van der Waals surface area contributed by atoms with E-state index in [0.717, 1.165) is 5.75 Å². The van der Waals surface area contributed by atoms with Gasteiger partial charge in [-0.15, -0.1) is 0 Å². The Morgan fingerprint density at radius 3 is 2.39 bits per heavy atom. The highest BCUT2D eigenvalue weighted by Gasteiger charge is 2.27. The van der Waals surface area contributed by atoms with Crippen LogP contribution < -0.4 is 0 Å². The molecule has 0 saturated carbocycles. The molecule has 0 aliphatic carbocycles. The SMILES string of the molecule is COC(=O)c1[nH]c(CCSC)c(O)c1C(=O)OC. The lowest BCUT2D eigenvalue weighted by atomic mass is 10.2. The lowest BCUT2D eigenvalue weighted by Gasteiger charge is -2.00. The summed E-state index contributed by atoms with van der Waals surface area (Å²) >= 11 is 1.59. The smallest absolute Gasteiger partial charge is 0.355 e. The van der Waals surface area contributed by atoms with Crippen molar-refractivity contribution in [3.8, 4) is 5.75 Å². The number of methoxy groups -OCH3 is 2. The van der Waals surface area contributed by atoms with Crippen LogP contribution in [0.3, 0.4) is 0 Å². The molecule has 0 aromatic carbocycles. The standard InChI is InChI=1S/C11H15NO5S/c1-16-10(14)7-8(11(15)17-2)12-6(9(7)13)4-5-18-3/h12-13H,4-5H2,1-3H3. The maximum absolute atomic E-state index is 11.5. The normalized spacial score (nSPS) is 10.2. The lowest BCUT2D eigenvalue weighted by Crippen LogP contribution is -2.10. The number of aromatic nitrogens is 1. The molecule has 1 heterocycles. The van der Waals surface area contributed by atoms with E-state index in [1.807, 2.05) is 6.26 Å². The first-order valence-electron chi connectivity index (χ1n) is 5.16. The predicted molar refractivity (Wildman–Crippen MR) is 67.2 cm³/mol. The van der Waals surface area contributed by atoms with Crippen molar-refractivity contribution in [2.75, 3.05) is 26.2 Å². The van der Waals surface area contributed by atoms with Crippen LogP contribution in [-0.4, -0.2) is 48.3 Å². The van der Waals surface area contributed by atoms with Gasteiger partial charge >= 0.3 is 11.9 Å². The summed E-state index contributed by atoms with van der Waals surface area (Å²) in [7, 11) is 2.38. The minimum Gasteiger partial charge on any atom is -0.505 e. The fourth-order valence-electron chi connectivity index (χ4n) is 1.48. The molecule has 100 valence electrons. The van der Waals surface area contributed by atoms with Crippen LogP contribution in [-0.2, 0) is 15.9 Å². The van der Waals surface area contributed by atoms with E-state index < -0.39 is 11.9 Å². The van der Waals surface area contributed by atoms with Gasteiger partial charge in [0.2, 0.25) is 0 Å². The number of H-pyrrole nitrogens is 1. The van der Waals surface area contributed by atoms with Crippen LogP contribution in [0.5, 0.6) is 5.75 Å². The number of thioether (sulfide) groups is 1. The molecule has 0 saturated heterocycles. The summed E-state index contributed by atoms with van der Waals surface area (Å²) in [6.07, 6.45) is 2.43. The minimum atomic E-state index is -0.778. The Balaban J connectivity index is 3.22. The van der Waals surface area contributed by atoms with E-state index in [-0.39, 0.29) is 17.0 Å². The van der Waals surface area contributed by atoms with Gasteiger partial charge in [0.25, 0.3) is 0 Å². The fraction of sp³-hybridized carbons (Fsp3) is 0.455. The molecule has 0 bridgehead atoms. The Hall–Kier alpha value is -1.63. The largest absolute Gasteiger partial charge is 0.505 e. The van der Waals surface area contributed by atoms with Crippen molar-refractivity contribution in [2.24, 2.45) is 0 Å². The zero-order valence-electron chi connectivity index (χ0n) is 10.4. The highest BCUT2D eigenvalue weighted by molar-refractivity contribution is 7.98. The maximum atomic E-state index is 11.5. The van der Waals surface area contributed by atoms with E-state index in [4.69, 9.17) is 0 Å². The van der Waals surface area contributed by atoms with E-state index in [1.165, 1.54) is 14.2 Å². The third-order valence-corrected chi connectivity index (χ3v) is 3.00.